The van der Waals surface area contributed by atoms with Crippen molar-refractivity contribution in [2.45, 2.75) is 6.18 Å². The van der Waals surface area contributed by atoms with Gasteiger partial charge in [0.15, 0.2) is 0 Å². The van der Waals surface area contributed by atoms with Crippen LogP contribution in [0.5, 0.6) is 0 Å². The van der Waals surface area contributed by atoms with Crippen molar-refractivity contribution in [3.8, 4) is 0 Å². The van der Waals surface area contributed by atoms with Gasteiger partial charge in [-0.3, -0.25) is 0 Å². The molecule has 0 aliphatic heterocycles. The Balaban J connectivity index is 2.31. The van der Waals surface area contributed by atoms with Gasteiger partial charge in [0.25, 0.3) is 0 Å². The first-order chi connectivity index (χ1) is 8.86. The highest BCUT2D eigenvalue weighted by molar-refractivity contribution is 5.58. The molecule has 0 radical (unpaired) electrons. The van der Waals surface area contributed by atoms with E-state index >= 15 is 0 Å². The van der Waals surface area contributed by atoms with Crippen molar-refractivity contribution in [3.63, 3.8) is 0 Å². The number of halogens is 4. The highest BCUT2D eigenvalue weighted by Gasteiger charge is 2.31. The van der Waals surface area contributed by atoms with Gasteiger partial charge < -0.3 is 11.1 Å². The Kier molecular flexibility index (Phi) is 3.24. The molecule has 1 aromatic heterocycles. The summed E-state index contributed by atoms with van der Waals surface area (Å²) in [5.74, 6) is -0.589. The standard InChI is InChI=1S/C11H8F4N4/c12-7-2-1-6(11(13,14)15)3-8(7)19-10-5-17-9(16)4-18-10/h1-5H,(H2,16,17)(H,18,19). The van der Waals surface area contributed by atoms with Gasteiger partial charge in [-0.1, -0.05) is 0 Å². The molecular weight excluding hydrogens is 264 g/mol. The van der Waals surface area contributed by atoms with Crippen LogP contribution < -0.4 is 11.1 Å². The smallest absolute Gasteiger partial charge is 0.382 e. The molecule has 4 nitrogen and oxygen atoms in total. The Hall–Kier alpha value is -2.38. The van der Waals surface area contributed by atoms with Crippen molar-refractivity contribution in [1.29, 1.82) is 0 Å². The van der Waals surface area contributed by atoms with Crippen molar-refractivity contribution < 1.29 is 17.6 Å². The summed E-state index contributed by atoms with van der Waals surface area (Å²) in [6, 6.07) is 2.05. The molecule has 0 aliphatic rings. The minimum absolute atomic E-state index is 0.0902. The number of nitrogens with two attached hydrogens (primary N) is 1. The van der Waals surface area contributed by atoms with E-state index in [0.29, 0.717) is 12.1 Å². The van der Waals surface area contributed by atoms with Crippen LogP contribution in [0.1, 0.15) is 5.56 Å². The van der Waals surface area contributed by atoms with Crippen molar-refractivity contribution in [1.82, 2.24) is 9.97 Å². The molecule has 1 aromatic carbocycles. The fourth-order valence-corrected chi connectivity index (χ4v) is 1.34. The number of nitrogens with zero attached hydrogens (tertiary/aromatic N) is 2. The van der Waals surface area contributed by atoms with Gasteiger partial charge in [0.1, 0.15) is 17.5 Å². The molecule has 100 valence electrons. The normalized spacial score (nSPS) is 11.4. The summed E-state index contributed by atoms with van der Waals surface area (Å²) < 4.78 is 50.9. The average Bonchev–Trinajstić information content (AvgIpc) is 2.33. The number of nitrogens with one attached hydrogen (secondary N) is 1. The van der Waals surface area contributed by atoms with E-state index in [1.165, 1.54) is 12.4 Å². The van der Waals surface area contributed by atoms with Gasteiger partial charge in [0.05, 0.1) is 23.6 Å². The molecule has 0 atom stereocenters. The SMILES string of the molecule is Nc1cnc(Nc2cc(C(F)(F)F)ccc2F)cn1. The predicted molar refractivity (Wildman–Crippen MR) is 61.1 cm³/mol. The topological polar surface area (TPSA) is 63.8 Å². The number of rotatable bonds is 2. The van der Waals surface area contributed by atoms with E-state index in [0.717, 1.165) is 6.07 Å². The van der Waals surface area contributed by atoms with Crippen LogP contribution in [0.25, 0.3) is 0 Å². The maximum atomic E-state index is 13.4. The second-order valence-corrected chi connectivity index (χ2v) is 3.64. The molecule has 0 saturated heterocycles. The van der Waals surface area contributed by atoms with Crippen molar-refractivity contribution in [2.75, 3.05) is 11.1 Å². The van der Waals surface area contributed by atoms with E-state index < -0.39 is 17.6 Å². The molecule has 0 spiro atoms. The lowest BCUT2D eigenvalue weighted by Crippen LogP contribution is -2.06. The highest BCUT2D eigenvalue weighted by Crippen LogP contribution is 2.32. The summed E-state index contributed by atoms with van der Waals surface area (Å²) in [5.41, 5.74) is 4.01. The largest absolute Gasteiger partial charge is 0.416 e. The molecule has 0 amide bonds. The maximum absolute atomic E-state index is 13.4. The molecular formula is C11H8F4N4. The molecule has 0 aliphatic carbocycles. The third kappa shape index (κ3) is 3.09. The van der Waals surface area contributed by atoms with Gasteiger partial charge >= 0.3 is 6.18 Å². The second-order valence-electron chi connectivity index (χ2n) is 3.64. The Bertz CT molecular complexity index is 580. The van der Waals surface area contributed by atoms with Crippen LogP contribution in [0.15, 0.2) is 30.6 Å². The lowest BCUT2D eigenvalue weighted by molar-refractivity contribution is -0.137. The monoisotopic (exact) mass is 272 g/mol. The fourth-order valence-electron chi connectivity index (χ4n) is 1.34. The van der Waals surface area contributed by atoms with Crippen LogP contribution in [-0.4, -0.2) is 9.97 Å². The highest BCUT2D eigenvalue weighted by atomic mass is 19.4. The number of nitrogen functional groups attached to an aromatic ring is 1. The molecule has 0 unspecified atom stereocenters. The molecule has 2 aromatic rings. The van der Waals surface area contributed by atoms with Gasteiger partial charge in [0.2, 0.25) is 0 Å². The minimum atomic E-state index is -4.54. The molecule has 19 heavy (non-hydrogen) atoms. The molecule has 1 heterocycles. The number of aromatic nitrogens is 2. The molecule has 0 fully saturated rings. The summed E-state index contributed by atoms with van der Waals surface area (Å²) in [7, 11) is 0. The van der Waals surface area contributed by atoms with Gasteiger partial charge in [-0.15, -0.1) is 0 Å². The second kappa shape index (κ2) is 4.71. The van der Waals surface area contributed by atoms with Gasteiger partial charge in [-0.05, 0) is 18.2 Å². The quantitative estimate of drug-likeness (QED) is 0.825. The Morgan fingerprint density at radius 2 is 1.84 bits per heavy atom. The average molecular weight is 272 g/mol. The Morgan fingerprint density at radius 3 is 2.42 bits per heavy atom. The summed E-state index contributed by atoms with van der Waals surface area (Å²) in [4.78, 5) is 7.44. The fraction of sp³-hybridized carbons (Fsp3) is 0.0909. The summed E-state index contributed by atoms with van der Waals surface area (Å²) in [6.45, 7) is 0. The molecule has 0 bridgehead atoms. The van der Waals surface area contributed by atoms with Gasteiger partial charge in [0, 0.05) is 0 Å². The number of hydrogen-bond acceptors (Lipinski definition) is 4. The first-order valence-corrected chi connectivity index (χ1v) is 5.07. The Labute approximate surface area is 105 Å². The Morgan fingerprint density at radius 1 is 1.11 bits per heavy atom. The van der Waals surface area contributed by atoms with E-state index in [2.05, 4.69) is 15.3 Å². The first kappa shape index (κ1) is 13.1. The van der Waals surface area contributed by atoms with Gasteiger partial charge in [-0.25, -0.2) is 14.4 Å². The molecule has 2 rings (SSSR count). The third-order valence-corrected chi connectivity index (χ3v) is 2.23. The molecule has 0 saturated carbocycles. The van der Waals surface area contributed by atoms with E-state index in [1.807, 2.05) is 0 Å². The molecule has 3 N–H and O–H groups in total. The van der Waals surface area contributed by atoms with E-state index in [-0.39, 0.29) is 17.3 Å². The van der Waals surface area contributed by atoms with Crippen LogP contribution >= 0.6 is 0 Å². The van der Waals surface area contributed by atoms with Gasteiger partial charge in [-0.2, -0.15) is 13.2 Å². The number of benzene rings is 1. The number of anilines is 3. The number of hydrogen-bond donors (Lipinski definition) is 2. The first-order valence-electron chi connectivity index (χ1n) is 5.07. The van der Waals surface area contributed by atoms with Crippen LogP contribution in [0, 0.1) is 5.82 Å². The van der Waals surface area contributed by atoms with Crippen molar-refractivity contribution in [2.24, 2.45) is 0 Å². The van der Waals surface area contributed by atoms with E-state index in [4.69, 9.17) is 5.73 Å². The zero-order chi connectivity index (χ0) is 14.0. The lowest BCUT2D eigenvalue weighted by atomic mass is 10.2. The van der Waals surface area contributed by atoms with Crippen LogP contribution in [0.3, 0.4) is 0 Å². The van der Waals surface area contributed by atoms with Crippen molar-refractivity contribution in [3.05, 3.63) is 42.0 Å². The van der Waals surface area contributed by atoms with Crippen LogP contribution in [0.4, 0.5) is 34.9 Å². The zero-order valence-corrected chi connectivity index (χ0v) is 9.37. The summed E-state index contributed by atoms with van der Waals surface area (Å²) in [5, 5.41) is 2.41. The third-order valence-electron chi connectivity index (χ3n) is 2.23. The van der Waals surface area contributed by atoms with E-state index in [9.17, 15) is 17.6 Å². The van der Waals surface area contributed by atoms with Crippen LogP contribution in [-0.2, 0) is 6.18 Å². The lowest BCUT2D eigenvalue weighted by Gasteiger charge is -2.11. The van der Waals surface area contributed by atoms with E-state index in [1.54, 1.807) is 0 Å². The van der Waals surface area contributed by atoms with Crippen molar-refractivity contribution >= 4 is 17.3 Å². The zero-order valence-electron chi connectivity index (χ0n) is 9.37. The predicted octanol–water partition coefficient (Wildman–Crippen LogP) is 2.96. The molecule has 8 heteroatoms. The summed E-state index contributed by atoms with van der Waals surface area (Å²) >= 11 is 0. The summed E-state index contributed by atoms with van der Waals surface area (Å²) in [6.07, 6.45) is -2.15. The number of alkyl halides is 3. The minimum Gasteiger partial charge on any atom is -0.382 e. The van der Waals surface area contributed by atoms with Crippen LogP contribution in [0.2, 0.25) is 0 Å². The maximum Gasteiger partial charge on any atom is 0.416 e.